The zero-order chi connectivity index (χ0) is 15.1. The lowest BCUT2D eigenvalue weighted by molar-refractivity contribution is 0.424. The first-order valence-corrected chi connectivity index (χ1v) is 8.52. The van der Waals surface area contributed by atoms with E-state index in [0.717, 1.165) is 18.7 Å². The highest BCUT2D eigenvalue weighted by Gasteiger charge is 2.08. The van der Waals surface area contributed by atoms with Crippen molar-refractivity contribution in [3.05, 3.63) is 65.7 Å². The van der Waals surface area contributed by atoms with E-state index in [1.165, 1.54) is 16.0 Å². The molecule has 0 radical (unpaired) electrons. The molecule has 0 aliphatic rings. The van der Waals surface area contributed by atoms with Crippen LogP contribution in [0.15, 0.2) is 59.5 Å². The Hall–Kier alpha value is -1.25. The van der Waals surface area contributed by atoms with Gasteiger partial charge in [0.1, 0.15) is 0 Å². The fraction of sp³-hybridized carbons (Fsp3) is 0.368. The second kappa shape index (κ2) is 7.67. The maximum Gasteiger partial charge on any atom is 0.0210 e. The Balaban J connectivity index is 1.77. The third kappa shape index (κ3) is 6.36. The topological polar surface area (TPSA) is 12.0 Å². The Labute approximate surface area is 133 Å². The molecule has 0 heterocycles. The smallest absolute Gasteiger partial charge is 0.0210 e. The predicted molar refractivity (Wildman–Crippen MR) is 93.9 cm³/mol. The van der Waals surface area contributed by atoms with Crippen molar-refractivity contribution in [2.75, 3.05) is 5.75 Å². The van der Waals surface area contributed by atoms with Crippen LogP contribution < -0.4 is 5.32 Å². The summed E-state index contributed by atoms with van der Waals surface area (Å²) >= 11 is 1.93. The van der Waals surface area contributed by atoms with Gasteiger partial charge in [0, 0.05) is 22.7 Å². The van der Waals surface area contributed by atoms with E-state index < -0.39 is 0 Å². The monoisotopic (exact) mass is 299 g/mol. The lowest BCUT2D eigenvalue weighted by Gasteiger charge is -2.20. The molecule has 0 unspecified atom stereocenters. The van der Waals surface area contributed by atoms with Crippen LogP contribution in [0.2, 0.25) is 0 Å². The molecule has 0 aromatic heterocycles. The molecule has 0 aliphatic heterocycles. The molecular weight excluding hydrogens is 274 g/mol. The van der Waals surface area contributed by atoms with Crippen molar-refractivity contribution in [2.24, 2.45) is 0 Å². The molecule has 2 rings (SSSR count). The van der Waals surface area contributed by atoms with Crippen molar-refractivity contribution < 1.29 is 0 Å². The van der Waals surface area contributed by atoms with E-state index >= 15 is 0 Å². The summed E-state index contributed by atoms with van der Waals surface area (Å²) in [6.45, 7) is 7.51. The third-order valence-electron chi connectivity index (χ3n) is 3.25. The van der Waals surface area contributed by atoms with Gasteiger partial charge in [-0.2, -0.15) is 0 Å². The van der Waals surface area contributed by atoms with E-state index in [4.69, 9.17) is 0 Å². The number of thioether (sulfide) groups is 1. The summed E-state index contributed by atoms with van der Waals surface area (Å²) in [5, 5.41) is 3.52. The highest BCUT2D eigenvalue weighted by Crippen LogP contribution is 2.20. The van der Waals surface area contributed by atoms with Crippen LogP contribution in [0.4, 0.5) is 0 Å². The van der Waals surface area contributed by atoms with Crippen LogP contribution in [0.1, 0.15) is 31.9 Å². The van der Waals surface area contributed by atoms with Crippen LogP contribution in [-0.2, 0) is 13.0 Å². The Kier molecular flexibility index (Phi) is 5.89. The van der Waals surface area contributed by atoms with Gasteiger partial charge >= 0.3 is 0 Å². The standard InChI is InChI=1S/C19H25NS/c1-19(2,3)20-15-17-9-11-18(12-10-17)21-14-13-16-7-5-4-6-8-16/h4-12,20H,13-15H2,1-3H3. The van der Waals surface area contributed by atoms with Gasteiger partial charge < -0.3 is 5.32 Å². The third-order valence-corrected chi connectivity index (χ3v) is 4.26. The van der Waals surface area contributed by atoms with Crippen LogP contribution in [0, 0.1) is 0 Å². The van der Waals surface area contributed by atoms with E-state index in [1.54, 1.807) is 0 Å². The van der Waals surface area contributed by atoms with E-state index in [0.29, 0.717) is 0 Å². The van der Waals surface area contributed by atoms with Crippen molar-refractivity contribution in [1.29, 1.82) is 0 Å². The quantitative estimate of drug-likeness (QED) is 0.761. The van der Waals surface area contributed by atoms with Gasteiger partial charge in [0.25, 0.3) is 0 Å². The average Bonchev–Trinajstić information content (AvgIpc) is 2.47. The van der Waals surface area contributed by atoms with Gasteiger partial charge in [0.15, 0.2) is 0 Å². The molecule has 0 fully saturated rings. The Morgan fingerprint density at radius 1 is 0.857 bits per heavy atom. The summed E-state index contributed by atoms with van der Waals surface area (Å²) < 4.78 is 0. The fourth-order valence-corrected chi connectivity index (χ4v) is 2.90. The summed E-state index contributed by atoms with van der Waals surface area (Å²) in [6.07, 6.45) is 1.12. The number of aryl methyl sites for hydroxylation is 1. The molecular formula is C19H25NS. The molecule has 112 valence electrons. The number of rotatable bonds is 6. The minimum atomic E-state index is 0.170. The molecule has 2 aromatic rings. The molecule has 21 heavy (non-hydrogen) atoms. The molecule has 0 atom stereocenters. The van der Waals surface area contributed by atoms with Crippen molar-refractivity contribution in [2.45, 2.75) is 44.2 Å². The van der Waals surface area contributed by atoms with Crippen LogP contribution in [0.25, 0.3) is 0 Å². The molecule has 2 aromatic carbocycles. The summed E-state index contributed by atoms with van der Waals surface area (Å²) in [5.74, 6) is 1.13. The van der Waals surface area contributed by atoms with Crippen molar-refractivity contribution >= 4 is 11.8 Å². The van der Waals surface area contributed by atoms with Gasteiger partial charge in [0.2, 0.25) is 0 Å². The lowest BCUT2D eigenvalue weighted by atomic mass is 10.1. The van der Waals surface area contributed by atoms with Crippen molar-refractivity contribution in [1.82, 2.24) is 5.32 Å². The molecule has 0 aliphatic carbocycles. The second-order valence-corrected chi connectivity index (χ2v) is 7.50. The average molecular weight is 299 g/mol. The van der Waals surface area contributed by atoms with E-state index in [9.17, 15) is 0 Å². The highest BCUT2D eigenvalue weighted by molar-refractivity contribution is 7.99. The molecule has 0 amide bonds. The Bertz CT molecular complexity index is 526. The van der Waals surface area contributed by atoms with Crippen LogP contribution in [-0.4, -0.2) is 11.3 Å². The van der Waals surface area contributed by atoms with Gasteiger partial charge in [-0.3, -0.25) is 0 Å². The largest absolute Gasteiger partial charge is 0.308 e. The molecule has 1 N–H and O–H groups in total. The summed E-state index contributed by atoms with van der Waals surface area (Å²) in [7, 11) is 0. The van der Waals surface area contributed by atoms with Gasteiger partial charge in [-0.05, 0) is 50.5 Å². The van der Waals surface area contributed by atoms with Crippen LogP contribution in [0.5, 0.6) is 0 Å². The lowest BCUT2D eigenvalue weighted by Crippen LogP contribution is -2.35. The van der Waals surface area contributed by atoms with Crippen LogP contribution >= 0.6 is 11.8 Å². The van der Waals surface area contributed by atoms with Crippen LogP contribution in [0.3, 0.4) is 0 Å². The van der Waals surface area contributed by atoms with Gasteiger partial charge in [0.05, 0.1) is 0 Å². The van der Waals surface area contributed by atoms with Crippen molar-refractivity contribution in [3.63, 3.8) is 0 Å². The highest BCUT2D eigenvalue weighted by atomic mass is 32.2. The van der Waals surface area contributed by atoms with Gasteiger partial charge in [-0.1, -0.05) is 42.5 Å². The van der Waals surface area contributed by atoms with E-state index in [2.05, 4.69) is 80.7 Å². The predicted octanol–water partition coefficient (Wildman–Crippen LogP) is 4.91. The minimum Gasteiger partial charge on any atom is -0.308 e. The zero-order valence-electron chi connectivity index (χ0n) is 13.2. The fourth-order valence-electron chi connectivity index (χ4n) is 2.00. The van der Waals surface area contributed by atoms with Gasteiger partial charge in [-0.25, -0.2) is 0 Å². The summed E-state index contributed by atoms with van der Waals surface area (Å²) in [5.41, 5.74) is 2.93. The maximum absolute atomic E-state index is 3.52. The SMILES string of the molecule is CC(C)(C)NCc1ccc(SCCc2ccccc2)cc1. The summed E-state index contributed by atoms with van der Waals surface area (Å²) in [6, 6.07) is 19.6. The first-order chi connectivity index (χ1) is 10.0. The normalized spacial score (nSPS) is 11.6. The zero-order valence-corrected chi connectivity index (χ0v) is 14.0. The number of benzene rings is 2. The van der Waals surface area contributed by atoms with Crippen molar-refractivity contribution in [3.8, 4) is 0 Å². The Morgan fingerprint density at radius 3 is 2.14 bits per heavy atom. The first-order valence-electron chi connectivity index (χ1n) is 7.54. The molecule has 2 heteroatoms. The van der Waals surface area contributed by atoms with Gasteiger partial charge in [-0.15, -0.1) is 11.8 Å². The Morgan fingerprint density at radius 2 is 1.52 bits per heavy atom. The number of hydrogen-bond acceptors (Lipinski definition) is 2. The molecule has 0 saturated heterocycles. The number of hydrogen-bond donors (Lipinski definition) is 1. The number of nitrogens with one attached hydrogen (secondary N) is 1. The summed E-state index contributed by atoms with van der Waals surface area (Å²) in [4.78, 5) is 1.35. The molecule has 0 spiro atoms. The first kappa shape index (κ1) is 16.1. The molecule has 0 bridgehead atoms. The molecule has 0 saturated carbocycles. The minimum absolute atomic E-state index is 0.170. The van der Waals surface area contributed by atoms with E-state index in [-0.39, 0.29) is 5.54 Å². The molecule has 1 nitrogen and oxygen atoms in total. The maximum atomic E-state index is 3.52. The second-order valence-electron chi connectivity index (χ2n) is 6.33. The van der Waals surface area contributed by atoms with E-state index in [1.807, 2.05) is 11.8 Å².